The van der Waals surface area contributed by atoms with Gasteiger partial charge in [0.25, 0.3) is 0 Å². The normalized spacial score (nSPS) is 12.1. The highest BCUT2D eigenvalue weighted by Gasteiger charge is 2.22. The van der Waals surface area contributed by atoms with Crippen LogP contribution in [0.1, 0.15) is 0 Å². The number of hydrogen-bond acceptors (Lipinski definition) is 5. The van der Waals surface area contributed by atoms with Gasteiger partial charge in [-0.1, -0.05) is 133 Å². The van der Waals surface area contributed by atoms with Gasteiger partial charge >= 0.3 is 0 Å². The van der Waals surface area contributed by atoms with E-state index < -0.39 is 0 Å². The summed E-state index contributed by atoms with van der Waals surface area (Å²) in [6.45, 7) is 0. The van der Waals surface area contributed by atoms with Crippen LogP contribution in [0.4, 0.5) is 34.1 Å². The molecule has 5 heterocycles. The van der Waals surface area contributed by atoms with Gasteiger partial charge in [0.1, 0.15) is 11.2 Å². The first-order valence-electron chi connectivity index (χ1n) is 26.7. The average Bonchev–Trinajstić information content (AvgIpc) is 4.42. The predicted molar refractivity (Wildman–Crippen MR) is 338 cm³/mol. The minimum absolute atomic E-state index is 0.908. The van der Waals surface area contributed by atoms with Crippen LogP contribution < -0.4 is 9.80 Å². The summed E-state index contributed by atoms with van der Waals surface area (Å²) < 4.78 is 16.6. The highest BCUT2D eigenvalue weighted by atomic mass is 32.1. The zero-order valence-corrected chi connectivity index (χ0v) is 44.1. The summed E-state index contributed by atoms with van der Waals surface area (Å²) in [4.78, 5) is 4.78. The van der Waals surface area contributed by atoms with Gasteiger partial charge in [0.15, 0.2) is 0 Å². The minimum atomic E-state index is 0.908. The van der Waals surface area contributed by atoms with E-state index >= 15 is 0 Å². The molecule has 370 valence electrons. The highest BCUT2D eigenvalue weighted by Crippen LogP contribution is 2.48. The van der Waals surface area contributed by atoms with Crippen molar-refractivity contribution in [1.29, 1.82) is 0 Å². The summed E-state index contributed by atoms with van der Waals surface area (Å²) >= 11 is 3.70. The molecular weight excluding hydrogens is 1000 g/mol. The Morgan fingerprint density at radius 3 is 1.01 bits per heavy atom. The number of anilines is 6. The van der Waals surface area contributed by atoms with E-state index in [-0.39, 0.29) is 0 Å². The van der Waals surface area contributed by atoms with Gasteiger partial charge in [-0.05, 0) is 133 Å². The molecule has 0 unspecified atom stereocenters. The number of rotatable bonds is 8. The Morgan fingerprint density at radius 2 is 0.582 bits per heavy atom. The molecule has 79 heavy (non-hydrogen) atoms. The van der Waals surface area contributed by atoms with Crippen molar-refractivity contribution in [3.05, 3.63) is 267 Å². The molecule has 17 rings (SSSR count). The average molecular weight is 1050 g/mol. The van der Waals surface area contributed by atoms with Gasteiger partial charge < -0.3 is 23.4 Å². The lowest BCUT2D eigenvalue weighted by atomic mass is 10.1. The summed E-state index contributed by atoms with van der Waals surface area (Å²) in [7, 11) is 0. The maximum atomic E-state index is 6.85. The van der Waals surface area contributed by atoms with E-state index in [1.807, 2.05) is 22.7 Å². The molecule has 0 radical (unpaired) electrons. The van der Waals surface area contributed by atoms with E-state index in [1.54, 1.807) is 0 Å². The largest absolute Gasteiger partial charge is 0.456 e. The summed E-state index contributed by atoms with van der Waals surface area (Å²) in [6.07, 6.45) is 0. The lowest BCUT2D eigenvalue weighted by Crippen LogP contribution is -2.09. The first kappa shape index (κ1) is 44.2. The fourth-order valence-corrected chi connectivity index (χ4v) is 14.8. The molecule has 17 aromatic rings. The maximum absolute atomic E-state index is 6.85. The van der Waals surface area contributed by atoms with Crippen molar-refractivity contribution in [3.63, 3.8) is 0 Å². The molecule has 0 spiro atoms. The lowest BCUT2D eigenvalue weighted by Gasteiger charge is -2.26. The summed E-state index contributed by atoms with van der Waals surface area (Å²) in [5.74, 6) is 0. The zero-order chi connectivity index (χ0) is 51.7. The molecule has 0 saturated heterocycles. The molecule has 0 aliphatic rings. The van der Waals surface area contributed by atoms with Gasteiger partial charge in [-0.25, -0.2) is 0 Å². The van der Waals surface area contributed by atoms with Crippen LogP contribution in [0.15, 0.2) is 271 Å². The van der Waals surface area contributed by atoms with Gasteiger partial charge in [0, 0.05) is 118 Å². The van der Waals surface area contributed by atoms with E-state index in [4.69, 9.17) is 4.42 Å². The monoisotopic (exact) mass is 1040 g/mol. The van der Waals surface area contributed by atoms with Crippen LogP contribution in [-0.2, 0) is 0 Å². The standard InChI is InChI=1S/C72H44N4OS2/c1-5-17-45(18-6-1)73(49-29-33-55-53-25-13-15-27-63(53)75(65(55)37-49)47-21-9-3-10-22-47)51-31-35-57-61-41-67-59(43-71(61)78-69(57)39-51)60-44-72-62(42-68(60)77-67)58-36-32-52(40-70(58)79-72)74(46-19-7-2-8-20-46)50-30-34-56-54-26-14-16-28-64(54)76(66(56)38-50)48-23-11-4-12-24-48/h1-44H. The van der Waals surface area contributed by atoms with Crippen molar-refractivity contribution in [2.24, 2.45) is 0 Å². The lowest BCUT2D eigenvalue weighted by molar-refractivity contribution is 0.670. The first-order valence-corrected chi connectivity index (χ1v) is 28.3. The number of para-hydroxylation sites is 6. The minimum Gasteiger partial charge on any atom is -0.456 e. The maximum Gasteiger partial charge on any atom is 0.136 e. The molecule has 0 aliphatic carbocycles. The molecule has 0 fully saturated rings. The Balaban J connectivity index is 0.762. The smallest absolute Gasteiger partial charge is 0.136 e. The second-order valence-electron chi connectivity index (χ2n) is 20.5. The van der Waals surface area contributed by atoms with Gasteiger partial charge in [-0.3, -0.25) is 0 Å². The van der Waals surface area contributed by atoms with E-state index in [9.17, 15) is 0 Å². The van der Waals surface area contributed by atoms with Gasteiger partial charge in [-0.2, -0.15) is 0 Å². The van der Waals surface area contributed by atoms with E-state index in [1.165, 1.54) is 84.0 Å². The molecule has 0 atom stereocenters. The molecule has 12 aromatic carbocycles. The second kappa shape index (κ2) is 17.3. The zero-order valence-electron chi connectivity index (χ0n) is 42.4. The van der Waals surface area contributed by atoms with E-state index in [0.717, 1.165) is 67.4 Å². The fourth-order valence-electron chi connectivity index (χ4n) is 12.5. The summed E-state index contributed by atoms with van der Waals surface area (Å²) in [6, 6.07) is 97.2. The second-order valence-corrected chi connectivity index (χ2v) is 22.6. The topological polar surface area (TPSA) is 29.5 Å². The van der Waals surface area contributed by atoms with Gasteiger partial charge in [-0.15, -0.1) is 22.7 Å². The third kappa shape index (κ3) is 6.87. The molecule has 0 N–H and O–H groups in total. The van der Waals surface area contributed by atoms with Crippen LogP contribution in [0.3, 0.4) is 0 Å². The molecule has 0 saturated carbocycles. The number of aromatic nitrogens is 2. The quantitative estimate of drug-likeness (QED) is 0.152. The van der Waals surface area contributed by atoms with E-state index in [2.05, 4.69) is 286 Å². The molecule has 0 aliphatic heterocycles. The molecular formula is C72H44N4OS2. The SMILES string of the molecule is c1ccc(N(c2ccc3c(c2)sc2cc4c(cc23)oc2cc3c(cc24)sc2cc(N(c4ccccc4)c4ccc5c6ccccc6n(-c6ccccc6)c5c4)ccc23)c2ccc3c4ccccc4n(-c4ccccc4)c3c2)cc1. The Morgan fingerprint density at radius 1 is 0.241 bits per heavy atom. The Labute approximate surface area is 461 Å². The van der Waals surface area contributed by atoms with Crippen LogP contribution in [0.25, 0.3) is 117 Å². The summed E-state index contributed by atoms with van der Waals surface area (Å²) in [5.41, 5.74) is 15.5. The Kier molecular flexibility index (Phi) is 9.68. The number of furan rings is 1. The van der Waals surface area contributed by atoms with Crippen molar-refractivity contribution < 1.29 is 4.42 Å². The Hall–Kier alpha value is -9.92. The Bertz CT molecular complexity index is 4940. The summed E-state index contributed by atoms with van der Waals surface area (Å²) in [5, 5.41) is 12.1. The number of benzene rings is 12. The van der Waals surface area contributed by atoms with Crippen molar-refractivity contribution in [2.45, 2.75) is 0 Å². The first-order chi connectivity index (χ1) is 39.1. The third-order valence-corrected chi connectivity index (χ3v) is 18.3. The third-order valence-electron chi connectivity index (χ3n) is 16.0. The molecule has 7 heteroatoms. The van der Waals surface area contributed by atoms with Crippen LogP contribution in [0, 0.1) is 0 Å². The molecule has 5 nitrogen and oxygen atoms in total. The van der Waals surface area contributed by atoms with Crippen molar-refractivity contribution in [1.82, 2.24) is 9.13 Å². The molecule has 5 aromatic heterocycles. The predicted octanol–water partition coefficient (Wildman–Crippen LogP) is 21.5. The van der Waals surface area contributed by atoms with Crippen molar-refractivity contribution in [2.75, 3.05) is 9.80 Å². The van der Waals surface area contributed by atoms with Crippen molar-refractivity contribution in [3.8, 4) is 11.4 Å². The number of nitrogens with zero attached hydrogens (tertiary/aromatic N) is 4. The van der Waals surface area contributed by atoms with Crippen LogP contribution in [0.2, 0.25) is 0 Å². The van der Waals surface area contributed by atoms with Crippen LogP contribution in [-0.4, -0.2) is 9.13 Å². The van der Waals surface area contributed by atoms with E-state index in [0.29, 0.717) is 0 Å². The van der Waals surface area contributed by atoms with Gasteiger partial charge in [0.2, 0.25) is 0 Å². The van der Waals surface area contributed by atoms with Crippen LogP contribution >= 0.6 is 22.7 Å². The van der Waals surface area contributed by atoms with Crippen molar-refractivity contribution >= 4 is 163 Å². The number of thiophene rings is 2. The molecule has 0 bridgehead atoms. The van der Waals surface area contributed by atoms with Gasteiger partial charge in [0.05, 0.1) is 22.1 Å². The number of hydrogen-bond donors (Lipinski definition) is 0. The number of fused-ring (bicyclic) bond motifs is 15. The fraction of sp³-hybridized carbons (Fsp3) is 0. The molecule has 0 amide bonds. The van der Waals surface area contributed by atoms with Crippen LogP contribution in [0.5, 0.6) is 0 Å². The highest BCUT2D eigenvalue weighted by molar-refractivity contribution is 7.26.